The quantitative estimate of drug-likeness (QED) is 0.297. The van der Waals surface area contributed by atoms with Gasteiger partial charge in [0.05, 0.1) is 17.5 Å². The van der Waals surface area contributed by atoms with Gasteiger partial charge >= 0.3 is 6.09 Å². The highest BCUT2D eigenvalue weighted by Gasteiger charge is 2.32. The lowest BCUT2D eigenvalue weighted by molar-refractivity contribution is -0.121. The zero-order valence-corrected chi connectivity index (χ0v) is 25.1. The number of benzene rings is 1. The average molecular weight is 582 g/mol. The van der Waals surface area contributed by atoms with Crippen LogP contribution in [-0.2, 0) is 20.7 Å². The summed E-state index contributed by atoms with van der Waals surface area (Å²) in [4.78, 5) is 39.0. The summed E-state index contributed by atoms with van der Waals surface area (Å²) < 4.78 is 11.2. The van der Waals surface area contributed by atoms with Crippen LogP contribution >= 0.6 is 0 Å². The summed E-state index contributed by atoms with van der Waals surface area (Å²) in [5.74, 6) is -0.998. The van der Waals surface area contributed by atoms with Crippen LogP contribution in [0.1, 0.15) is 53.0 Å². The number of phenolic OH excluding ortho intramolecular Hbond substituents is 1. The van der Waals surface area contributed by atoms with Crippen LogP contribution in [0.2, 0.25) is 0 Å². The van der Waals surface area contributed by atoms with E-state index in [-0.39, 0.29) is 48.2 Å². The van der Waals surface area contributed by atoms with Gasteiger partial charge in [-0.15, -0.1) is 6.58 Å². The second-order valence-corrected chi connectivity index (χ2v) is 11.3. The number of nitrogens with one attached hydrogen (secondary N) is 1. The topological polar surface area (TPSA) is 151 Å². The van der Waals surface area contributed by atoms with Gasteiger partial charge in [-0.3, -0.25) is 9.59 Å². The number of rotatable bonds is 3. The number of ether oxygens (including phenoxy) is 2. The number of hydrogen-bond acceptors (Lipinski definition) is 7. The van der Waals surface area contributed by atoms with Crippen molar-refractivity contribution in [1.29, 1.82) is 0 Å². The van der Waals surface area contributed by atoms with Gasteiger partial charge in [-0.25, -0.2) is 4.79 Å². The maximum absolute atomic E-state index is 13.1. The number of allylic oxidation sites excluding steroid dienone is 2. The lowest BCUT2D eigenvalue weighted by Gasteiger charge is -2.32. The Balaban J connectivity index is 2.09. The maximum Gasteiger partial charge on any atom is 0.405 e. The van der Waals surface area contributed by atoms with Gasteiger partial charge in [0.1, 0.15) is 17.6 Å². The van der Waals surface area contributed by atoms with E-state index in [2.05, 4.69) is 11.9 Å². The summed E-state index contributed by atoms with van der Waals surface area (Å²) in [6, 6.07) is 1.53. The van der Waals surface area contributed by atoms with Gasteiger partial charge in [0.2, 0.25) is 0 Å². The van der Waals surface area contributed by atoms with Crippen molar-refractivity contribution in [3.05, 3.63) is 59.7 Å². The number of amides is 3. The average Bonchev–Trinajstić information content (AvgIpc) is 2.93. The van der Waals surface area contributed by atoms with Crippen molar-refractivity contribution < 1.29 is 34.1 Å². The summed E-state index contributed by atoms with van der Waals surface area (Å²) in [7, 11) is 0. The van der Waals surface area contributed by atoms with E-state index in [0.717, 1.165) is 5.57 Å². The molecule has 5 atom stereocenters. The highest BCUT2D eigenvalue weighted by Crippen LogP contribution is 2.46. The smallest absolute Gasteiger partial charge is 0.405 e. The minimum absolute atomic E-state index is 0.0145. The number of hydrogen-bond donors (Lipinski definition) is 4. The Morgan fingerprint density at radius 3 is 2.62 bits per heavy atom. The largest absolute Gasteiger partial charge is 0.505 e. The van der Waals surface area contributed by atoms with Gasteiger partial charge < -0.3 is 35.6 Å². The van der Waals surface area contributed by atoms with Crippen LogP contribution in [0.3, 0.4) is 0 Å². The summed E-state index contributed by atoms with van der Waals surface area (Å²) in [5, 5.41) is 25.2. The molecule has 0 radical (unpaired) electrons. The first-order valence-corrected chi connectivity index (χ1v) is 14.3. The van der Waals surface area contributed by atoms with E-state index in [4.69, 9.17) is 15.2 Å². The monoisotopic (exact) mass is 581 g/mol. The SMILES string of the molecule is C=CCN1C(=O)COc2cc3c(O)c(c21)CC(C)CCC(O)C(C)C=C(C)C(OC(N)=O)C(C)C=CC=C(C)C(=O)N3. The third-order valence-corrected chi connectivity index (χ3v) is 7.75. The number of nitrogens with two attached hydrogens (primary N) is 1. The third kappa shape index (κ3) is 7.82. The van der Waals surface area contributed by atoms with E-state index >= 15 is 0 Å². The lowest BCUT2D eigenvalue weighted by Crippen LogP contribution is -2.39. The molecule has 10 heteroatoms. The number of aliphatic hydroxyl groups excluding tert-OH is 1. The molecule has 2 aliphatic rings. The molecule has 0 saturated carbocycles. The standard InChI is InChI=1S/C32H43N3O7/c1-7-13-35-27(37)17-41-26-16-24-29(38)23(28(26)35)14-18(2)11-12-25(36)21(5)15-22(6)30(42-32(33)40)19(3)9-8-10-20(4)31(39)34-24/h7-10,15-16,18-19,21,25,30,36,38H,1,11-14,17H2,2-6H3,(H2,33,40)(H,34,39). The number of carbonyl (C=O) groups excluding carboxylic acids is 3. The van der Waals surface area contributed by atoms with Crippen LogP contribution in [0.25, 0.3) is 0 Å². The highest BCUT2D eigenvalue weighted by atomic mass is 16.6. The van der Waals surface area contributed by atoms with Crippen molar-refractivity contribution in [1.82, 2.24) is 0 Å². The molecule has 1 aromatic carbocycles. The Kier molecular flexibility index (Phi) is 11.0. The van der Waals surface area contributed by atoms with Crippen LogP contribution < -0.4 is 20.7 Å². The predicted octanol–water partition coefficient (Wildman–Crippen LogP) is 4.76. The zero-order valence-electron chi connectivity index (χ0n) is 25.1. The molecule has 2 aliphatic heterocycles. The number of phenols is 1. The predicted molar refractivity (Wildman–Crippen MR) is 162 cm³/mol. The molecule has 0 fully saturated rings. The Hall–Kier alpha value is -4.05. The molecule has 2 heterocycles. The second kappa shape index (κ2) is 14.2. The van der Waals surface area contributed by atoms with Crippen LogP contribution in [0, 0.1) is 17.8 Å². The van der Waals surface area contributed by atoms with Crippen molar-refractivity contribution in [2.45, 2.75) is 66.1 Å². The van der Waals surface area contributed by atoms with Crippen molar-refractivity contribution in [3.8, 4) is 11.5 Å². The van der Waals surface area contributed by atoms with E-state index < -0.39 is 24.2 Å². The van der Waals surface area contributed by atoms with Crippen LogP contribution in [0.4, 0.5) is 16.2 Å². The Morgan fingerprint density at radius 1 is 1.24 bits per heavy atom. The summed E-state index contributed by atoms with van der Waals surface area (Å²) >= 11 is 0. The van der Waals surface area contributed by atoms with Gasteiger partial charge in [0, 0.05) is 35.6 Å². The molecule has 228 valence electrons. The number of primary amides is 1. The molecule has 3 rings (SSSR count). The number of nitrogens with zero attached hydrogens (tertiary/aromatic N) is 1. The van der Waals surface area contributed by atoms with E-state index in [9.17, 15) is 24.6 Å². The minimum atomic E-state index is -0.902. The van der Waals surface area contributed by atoms with Crippen molar-refractivity contribution in [2.75, 3.05) is 23.4 Å². The van der Waals surface area contributed by atoms with Gasteiger partial charge in [0.25, 0.3) is 11.8 Å². The van der Waals surface area contributed by atoms with Crippen LogP contribution in [0.15, 0.2) is 54.2 Å². The first-order valence-electron chi connectivity index (χ1n) is 14.3. The molecule has 10 nitrogen and oxygen atoms in total. The van der Waals surface area contributed by atoms with E-state index in [1.54, 1.807) is 31.2 Å². The van der Waals surface area contributed by atoms with Gasteiger partial charge in [-0.1, -0.05) is 51.2 Å². The number of anilines is 2. The first kappa shape index (κ1) is 32.5. The fourth-order valence-corrected chi connectivity index (χ4v) is 5.35. The molecule has 0 saturated heterocycles. The number of fused-ring (bicyclic) bond motifs is 4. The Bertz CT molecular complexity index is 1300. The van der Waals surface area contributed by atoms with E-state index in [0.29, 0.717) is 41.8 Å². The third-order valence-electron chi connectivity index (χ3n) is 7.75. The molecule has 42 heavy (non-hydrogen) atoms. The van der Waals surface area contributed by atoms with Crippen molar-refractivity contribution in [2.24, 2.45) is 23.5 Å². The van der Waals surface area contributed by atoms with E-state index in [1.165, 1.54) is 11.0 Å². The first-order chi connectivity index (χ1) is 19.8. The van der Waals surface area contributed by atoms with Crippen molar-refractivity contribution in [3.63, 3.8) is 0 Å². The molecule has 1 aromatic rings. The number of aliphatic hydroxyl groups is 1. The fraction of sp³-hybridized carbons (Fsp3) is 0.469. The zero-order chi connectivity index (χ0) is 31.1. The summed E-state index contributed by atoms with van der Waals surface area (Å²) in [5.41, 5.74) is 7.56. The minimum Gasteiger partial charge on any atom is -0.505 e. The van der Waals surface area contributed by atoms with Gasteiger partial charge in [0.15, 0.2) is 6.61 Å². The van der Waals surface area contributed by atoms with Gasteiger partial charge in [-0.05, 0) is 44.6 Å². The molecule has 0 aromatic heterocycles. The Labute approximate surface area is 247 Å². The molecule has 5 N–H and O–H groups in total. The maximum atomic E-state index is 13.1. The molecule has 0 spiro atoms. The van der Waals surface area contributed by atoms with E-state index in [1.807, 2.05) is 33.8 Å². The second-order valence-electron chi connectivity index (χ2n) is 11.3. The molecular formula is C32H43N3O7. The fourth-order valence-electron chi connectivity index (χ4n) is 5.35. The summed E-state index contributed by atoms with van der Waals surface area (Å²) in [6.07, 6.45) is 7.82. The molecule has 5 unspecified atom stereocenters. The molecular weight excluding hydrogens is 538 g/mol. The van der Waals surface area contributed by atoms with Crippen LogP contribution in [-0.4, -0.2) is 53.5 Å². The van der Waals surface area contributed by atoms with Crippen LogP contribution in [0.5, 0.6) is 11.5 Å². The molecule has 0 aliphatic carbocycles. The van der Waals surface area contributed by atoms with Crippen molar-refractivity contribution >= 4 is 29.3 Å². The van der Waals surface area contributed by atoms with Gasteiger partial charge in [-0.2, -0.15) is 0 Å². The highest BCUT2D eigenvalue weighted by molar-refractivity contribution is 6.06. The molecule has 3 amide bonds. The number of aromatic hydroxyl groups is 1. The molecule has 2 bridgehead atoms. The normalized spacial score (nSPS) is 25.9. The Morgan fingerprint density at radius 2 is 1.95 bits per heavy atom. The summed E-state index contributed by atoms with van der Waals surface area (Å²) in [6.45, 7) is 13.0. The lowest BCUT2D eigenvalue weighted by atomic mass is 9.88. The number of carbonyl (C=O) groups is 3.